The Balaban J connectivity index is 1.63. The number of halogens is 2. The van der Waals surface area contributed by atoms with Crippen LogP contribution in [0.4, 0.5) is 15.8 Å². The van der Waals surface area contributed by atoms with Gasteiger partial charge in [0.25, 0.3) is 5.91 Å². The number of benzene rings is 2. The third-order valence-corrected chi connectivity index (χ3v) is 4.61. The molecule has 0 spiro atoms. The molecule has 2 rings (SSSR count). The van der Waals surface area contributed by atoms with E-state index in [0.717, 1.165) is 10.0 Å². The molecule has 0 bridgehead atoms. The molecular formula is C20H20BrFN2O4. The normalized spacial score (nSPS) is 10.2. The highest BCUT2D eigenvalue weighted by Crippen LogP contribution is 2.19. The highest BCUT2D eigenvalue weighted by Gasteiger charge is 2.10. The number of rotatable bonds is 8. The van der Waals surface area contributed by atoms with Gasteiger partial charge in [-0.15, -0.1) is 0 Å². The number of hydrogen-bond acceptors (Lipinski definition) is 4. The predicted octanol–water partition coefficient (Wildman–Crippen LogP) is 4.19. The minimum absolute atomic E-state index is 0.0154. The van der Waals surface area contributed by atoms with E-state index in [1.165, 1.54) is 24.3 Å². The standard InChI is InChI=1S/C20H20BrFN2O4/c1-13-11-16(9-10-17(13)21)24-19(26)12-28-20(27)4-2-3-18(25)23-15-7-5-14(22)6-8-15/h5-11H,2-4,12H2,1H3,(H,23,25)(H,24,26). The first-order valence-corrected chi connectivity index (χ1v) is 9.40. The van der Waals surface area contributed by atoms with E-state index < -0.39 is 18.5 Å². The summed E-state index contributed by atoms with van der Waals surface area (Å²) in [5, 5.41) is 5.25. The van der Waals surface area contributed by atoms with Crippen molar-refractivity contribution in [3.05, 3.63) is 58.3 Å². The second-order valence-corrected chi connectivity index (χ2v) is 6.94. The van der Waals surface area contributed by atoms with Crippen LogP contribution in [0, 0.1) is 12.7 Å². The first-order chi connectivity index (χ1) is 13.3. The zero-order chi connectivity index (χ0) is 20.5. The van der Waals surface area contributed by atoms with E-state index >= 15 is 0 Å². The van der Waals surface area contributed by atoms with Gasteiger partial charge < -0.3 is 15.4 Å². The molecule has 2 amide bonds. The van der Waals surface area contributed by atoms with Crippen molar-refractivity contribution in [1.82, 2.24) is 0 Å². The maximum Gasteiger partial charge on any atom is 0.306 e. The van der Waals surface area contributed by atoms with Gasteiger partial charge in [0.05, 0.1) is 0 Å². The monoisotopic (exact) mass is 450 g/mol. The fourth-order valence-corrected chi connectivity index (χ4v) is 2.53. The van der Waals surface area contributed by atoms with E-state index in [-0.39, 0.29) is 31.0 Å². The van der Waals surface area contributed by atoms with E-state index in [2.05, 4.69) is 26.6 Å². The van der Waals surface area contributed by atoms with Crippen molar-refractivity contribution in [1.29, 1.82) is 0 Å². The molecule has 2 aromatic carbocycles. The summed E-state index contributed by atoms with van der Waals surface area (Å²) in [5.74, 6) is -1.68. The minimum atomic E-state index is -0.559. The number of amides is 2. The molecule has 0 aliphatic heterocycles. The average Bonchev–Trinajstić information content (AvgIpc) is 2.65. The number of carbonyl (C=O) groups is 3. The lowest BCUT2D eigenvalue weighted by Crippen LogP contribution is -2.21. The molecule has 0 radical (unpaired) electrons. The molecule has 6 nitrogen and oxygen atoms in total. The molecule has 0 aliphatic carbocycles. The predicted molar refractivity (Wildman–Crippen MR) is 107 cm³/mol. The number of hydrogen-bond donors (Lipinski definition) is 2. The van der Waals surface area contributed by atoms with Crippen molar-refractivity contribution in [3.8, 4) is 0 Å². The number of anilines is 2. The molecule has 0 fully saturated rings. The van der Waals surface area contributed by atoms with Crippen LogP contribution in [0.1, 0.15) is 24.8 Å². The molecule has 0 aliphatic rings. The van der Waals surface area contributed by atoms with Crippen molar-refractivity contribution in [2.75, 3.05) is 17.2 Å². The van der Waals surface area contributed by atoms with Crippen molar-refractivity contribution in [3.63, 3.8) is 0 Å². The lowest BCUT2D eigenvalue weighted by Gasteiger charge is -2.08. The van der Waals surface area contributed by atoms with Crippen molar-refractivity contribution >= 4 is 45.1 Å². The summed E-state index contributed by atoms with van der Waals surface area (Å²) in [6, 6.07) is 10.7. The molecule has 0 saturated carbocycles. The number of ether oxygens (including phenoxy) is 1. The first-order valence-electron chi connectivity index (χ1n) is 8.60. The van der Waals surface area contributed by atoms with Crippen LogP contribution in [0.2, 0.25) is 0 Å². The van der Waals surface area contributed by atoms with Crippen LogP contribution in [0.15, 0.2) is 46.9 Å². The number of nitrogens with one attached hydrogen (secondary N) is 2. The Labute approximate surface area is 170 Å². The van der Waals surface area contributed by atoms with Gasteiger partial charge in [0.1, 0.15) is 5.82 Å². The van der Waals surface area contributed by atoms with E-state index in [9.17, 15) is 18.8 Å². The van der Waals surface area contributed by atoms with E-state index in [0.29, 0.717) is 11.4 Å². The van der Waals surface area contributed by atoms with Gasteiger partial charge in [-0.3, -0.25) is 14.4 Å². The second kappa shape index (κ2) is 10.6. The second-order valence-electron chi connectivity index (χ2n) is 6.08. The largest absolute Gasteiger partial charge is 0.456 e. The van der Waals surface area contributed by atoms with Gasteiger partial charge in [-0.25, -0.2) is 4.39 Å². The van der Waals surface area contributed by atoms with Crippen LogP contribution in [0.25, 0.3) is 0 Å². The highest BCUT2D eigenvalue weighted by molar-refractivity contribution is 9.10. The Morgan fingerprint density at radius 1 is 0.964 bits per heavy atom. The molecule has 8 heteroatoms. The molecule has 2 N–H and O–H groups in total. The fourth-order valence-electron chi connectivity index (χ4n) is 2.29. The van der Waals surface area contributed by atoms with Crippen molar-refractivity contribution in [2.45, 2.75) is 26.2 Å². The lowest BCUT2D eigenvalue weighted by atomic mass is 10.2. The molecule has 2 aromatic rings. The minimum Gasteiger partial charge on any atom is -0.456 e. The molecular weight excluding hydrogens is 431 g/mol. The number of carbonyl (C=O) groups excluding carboxylic acids is 3. The van der Waals surface area contributed by atoms with Crippen LogP contribution < -0.4 is 10.6 Å². The van der Waals surface area contributed by atoms with Gasteiger partial charge in [0.2, 0.25) is 5.91 Å². The van der Waals surface area contributed by atoms with Gasteiger partial charge in [-0.2, -0.15) is 0 Å². The van der Waals surface area contributed by atoms with E-state index in [1.807, 2.05) is 13.0 Å². The average molecular weight is 451 g/mol. The van der Waals surface area contributed by atoms with E-state index in [1.54, 1.807) is 12.1 Å². The molecule has 0 atom stereocenters. The molecule has 0 saturated heterocycles. The summed E-state index contributed by atoms with van der Waals surface area (Å²) in [5.41, 5.74) is 2.06. The van der Waals surface area contributed by atoms with Gasteiger partial charge in [-0.1, -0.05) is 15.9 Å². The summed E-state index contributed by atoms with van der Waals surface area (Å²) in [4.78, 5) is 35.3. The Morgan fingerprint density at radius 2 is 1.61 bits per heavy atom. The van der Waals surface area contributed by atoms with Crippen molar-refractivity contribution in [2.24, 2.45) is 0 Å². The topological polar surface area (TPSA) is 84.5 Å². The summed E-state index contributed by atoms with van der Waals surface area (Å²) >= 11 is 3.38. The zero-order valence-corrected chi connectivity index (χ0v) is 16.8. The Kier molecular flexibility index (Phi) is 8.13. The SMILES string of the molecule is Cc1cc(NC(=O)COC(=O)CCCC(=O)Nc2ccc(F)cc2)ccc1Br. The van der Waals surface area contributed by atoms with Crippen molar-refractivity contribution < 1.29 is 23.5 Å². The van der Waals surface area contributed by atoms with Gasteiger partial charge >= 0.3 is 5.97 Å². The van der Waals surface area contributed by atoms with E-state index in [4.69, 9.17) is 4.74 Å². The van der Waals surface area contributed by atoms with Crippen LogP contribution in [0.5, 0.6) is 0 Å². The molecule has 0 aromatic heterocycles. The van der Waals surface area contributed by atoms with Crippen LogP contribution in [-0.4, -0.2) is 24.4 Å². The summed E-state index contributed by atoms with van der Waals surface area (Å²) in [6.45, 7) is 1.50. The molecule has 148 valence electrons. The maximum absolute atomic E-state index is 12.8. The Bertz CT molecular complexity index is 856. The third-order valence-electron chi connectivity index (χ3n) is 3.72. The summed E-state index contributed by atoms with van der Waals surface area (Å²) in [7, 11) is 0. The fraction of sp³-hybridized carbons (Fsp3) is 0.250. The van der Waals surface area contributed by atoms with Gasteiger partial charge in [-0.05, 0) is 61.4 Å². The number of aryl methyl sites for hydroxylation is 1. The van der Waals surface area contributed by atoms with Gasteiger partial charge in [0.15, 0.2) is 6.61 Å². The zero-order valence-electron chi connectivity index (χ0n) is 15.3. The summed E-state index contributed by atoms with van der Waals surface area (Å²) < 4.78 is 18.6. The molecule has 0 heterocycles. The maximum atomic E-state index is 12.8. The smallest absolute Gasteiger partial charge is 0.306 e. The Hall–Kier alpha value is -2.74. The van der Waals surface area contributed by atoms with Crippen LogP contribution in [0.3, 0.4) is 0 Å². The Morgan fingerprint density at radius 3 is 2.29 bits per heavy atom. The van der Waals surface area contributed by atoms with Crippen LogP contribution in [-0.2, 0) is 19.1 Å². The molecule has 0 unspecified atom stereocenters. The lowest BCUT2D eigenvalue weighted by molar-refractivity contribution is -0.147. The van der Waals surface area contributed by atoms with Gasteiger partial charge in [0, 0.05) is 28.7 Å². The van der Waals surface area contributed by atoms with Crippen LogP contribution >= 0.6 is 15.9 Å². The molecule has 28 heavy (non-hydrogen) atoms. The first kappa shape index (κ1) is 21.6. The summed E-state index contributed by atoms with van der Waals surface area (Å²) in [6.07, 6.45) is 0.401. The third kappa shape index (κ3) is 7.48. The highest BCUT2D eigenvalue weighted by atomic mass is 79.9. The quantitative estimate of drug-likeness (QED) is 0.590. The number of esters is 1.